The highest BCUT2D eigenvalue weighted by atomic mass is 16.5. The van der Waals surface area contributed by atoms with Crippen molar-refractivity contribution in [2.75, 3.05) is 13.7 Å². The smallest absolute Gasteiger partial charge is 0.119 e. The van der Waals surface area contributed by atoms with E-state index >= 15 is 0 Å². The Morgan fingerprint density at radius 1 is 1.20 bits per heavy atom. The van der Waals surface area contributed by atoms with Crippen molar-refractivity contribution in [3.8, 4) is 5.75 Å². The Morgan fingerprint density at radius 3 is 2.53 bits per heavy atom. The van der Waals surface area contributed by atoms with Crippen molar-refractivity contribution < 1.29 is 4.74 Å². The average Bonchev–Trinajstić information content (AvgIpc) is 2.29. The molecule has 1 N–H and O–H groups in total. The lowest BCUT2D eigenvalue weighted by Gasteiger charge is -2.15. The molecule has 1 aromatic rings. The summed E-state index contributed by atoms with van der Waals surface area (Å²) in [5.74, 6) is 0.962. The number of hydrogen-bond acceptors (Lipinski definition) is 2. The van der Waals surface area contributed by atoms with Crippen LogP contribution in [0, 0.1) is 0 Å². The molecule has 0 saturated carbocycles. The monoisotopic (exact) mass is 207 g/mol. The van der Waals surface area contributed by atoms with E-state index in [0.717, 1.165) is 18.8 Å². The maximum Gasteiger partial charge on any atom is 0.119 e. The number of nitrogens with one attached hydrogen (secondary N) is 1. The van der Waals surface area contributed by atoms with Crippen molar-refractivity contribution in [3.05, 3.63) is 30.3 Å². The van der Waals surface area contributed by atoms with Crippen LogP contribution in [0.5, 0.6) is 5.75 Å². The van der Waals surface area contributed by atoms with Gasteiger partial charge in [-0.15, -0.1) is 0 Å². The minimum Gasteiger partial charge on any atom is -0.494 e. The van der Waals surface area contributed by atoms with Crippen molar-refractivity contribution >= 4 is 0 Å². The number of para-hydroxylation sites is 1. The molecular weight excluding hydrogens is 186 g/mol. The first-order valence-electron chi connectivity index (χ1n) is 5.72. The normalized spacial score (nSPS) is 12.4. The summed E-state index contributed by atoms with van der Waals surface area (Å²) in [6.07, 6.45) is 3.50. The summed E-state index contributed by atoms with van der Waals surface area (Å²) in [7, 11) is 2.02. The minimum atomic E-state index is 0.582. The Bertz CT molecular complexity index is 248. The van der Waals surface area contributed by atoms with Crippen molar-refractivity contribution in [3.63, 3.8) is 0 Å². The molecule has 15 heavy (non-hydrogen) atoms. The van der Waals surface area contributed by atoms with Crippen molar-refractivity contribution in [1.29, 1.82) is 0 Å². The quantitative estimate of drug-likeness (QED) is 0.742. The predicted molar refractivity (Wildman–Crippen MR) is 64.3 cm³/mol. The van der Waals surface area contributed by atoms with Crippen LogP contribution in [-0.2, 0) is 0 Å². The second-order valence-corrected chi connectivity index (χ2v) is 3.72. The van der Waals surface area contributed by atoms with Crippen molar-refractivity contribution in [1.82, 2.24) is 5.32 Å². The molecule has 0 spiro atoms. The summed E-state index contributed by atoms with van der Waals surface area (Å²) in [5, 5.41) is 3.31. The van der Waals surface area contributed by atoms with E-state index in [1.54, 1.807) is 0 Å². The van der Waals surface area contributed by atoms with Gasteiger partial charge in [-0.1, -0.05) is 31.5 Å². The molecule has 1 rings (SSSR count). The minimum absolute atomic E-state index is 0.582. The van der Waals surface area contributed by atoms with Gasteiger partial charge in [-0.2, -0.15) is 0 Å². The molecule has 0 radical (unpaired) electrons. The van der Waals surface area contributed by atoms with Gasteiger partial charge in [0.15, 0.2) is 0 Å². The largest absolute Gasteiger partial charge is 0.494 e. The van der Waals surface area contributed by atoms with E-state index < -0.39 is 0 Å². The van der Waals surface area contributed by atoms with Crippen LogP contribution in [0.15, 0.2) is 30.3 Å². The molecule has 0 aliphatic rings. The molecule has 1 aromatic carbocycles. The SMILES string of the molecule is CCCC(CCOc1ccccc1)NC. The number of benzene rings is 1. The lowest BCUT2D eigenvalue weighted by Crippen LogP contribution is -2.26. The Balaban J connectivity index is 2.20. The fourth-order valence-corrected chi connectivity index (χ4v) is 1.62. The van der Waals surface area contributed by atoms with Gasteiger partial charge in [-0.05, 0) is 32.0 Å². The molecule has 0 aliphatic heterocycles. The summed E-state index contributed by atoms with van der Waals surface area (Å²) in [5.41, 5.74) is 0. The highest BCUT2D eigenvalue weighted by Gasteiger charge is 2.04. The molecular formula is C13H21NO. The average molecular weight is 207 g/mol. The first-order valence-corrected chi connectivity index (χ1v) is 5.72. The van der Waals surface area contributed by atoms with Crippen LogP contribution in [0.25, 0.3) is 0 Å². The van der Waals surface area contributed by atoms with Crippen LogP contribution in [0.3, 0.4) is 0 Å². The molecule has 0 aromatic heterocycles. The van der Waals surface area contributed by atoms with Gasteiger partial charge in [0.2, 0.25) is 0 Å². The Morgan fingerprint density at radius 2 is 1.93 bits per heavy atom. The summed E-state index contributed by atoms with van der Waals surface area (Å²) in [6.45, 7) is 3.00. The van der Waals surface area contributed by atoms with Crippen LogP contribution in [-0.4, -0.2) is 19.7 Å². The molecule has 0 aliphatic carbocycles. The van der Waals surface area contributed by atoms with E-state index in [1.165, 1.54) is 12.8 Å². The van der Waals surface area contributed by atoms with Crippen molar-refractivity contribution in [2.24, 2.45) is 0 Å². The summed E-state index contributed by atoms with van der Waals surface area (Å²) in [6, 6.07) is 10.6. The maximum absolute atomic E-state index is 5.64. The zero-order valence-electron chi connectivity index (χ0n) is 9.70. The van der Waals surface area contributed by atoms with E-state index in [9.17, 15) is 0 Å². The molecule has 0 saturated heterocycles. The van der Waals surface area contributed by atoms with Gasteiger partial charge >= 0.3 is 0 Å². The molecule has 2 heteroatoms. The van der Waals surface area contributed by atoms with Crippen LogP contribution in [0.1, 0.15) is 26.2 Å². The van der Waals surface area contributed by atoms with Gasteiger partial charge in [0.05, 0.1) is 6.61 Å². The van der Waals surface area contributed by atoms with Crippen molar-refractivity contribution in [2.45, 2.75) is 32.2 Å². The van der Waals surface area contributed by atoms with Gasteiger partial charge in [0.1, 0.15) is 5.75 Å². The highest BCUT2D eigenvalue weighted by molar-refractivity contribution is 5.20. The lowest BCUT2D eigenvalue weighted by atomic mass is 10.1. The number of rotatable bonds is 7. The molecule has 0 amide bonds. The third kappa shape index (κ3) is 4.84. The Kier molecular flexibility index (Phi) is 5.86. The third-order valence-corrected chi connectivity index (χ3v) is 2.52. The lowest BCUT2D eigenvalue weighted by molar-refractivity contribution is 0.284. The molecule has 1 unspecified atom stereocenters. The topological polar surface area (TPSA) is 21.3 Å². The van der Waals surface area contributed by atoms with Gasteiger partial charge in [0.25, 0.3) is 0 Å². The summed E-state index contributed by atoms with van der Waals surface area (Å²) in [4.78, 5) is 0. The van der Waals surface area contributed by atoms with Gasteiger partial charge in [-0.25, -0.2) is 0 Å². The van der Waals surface area contributed by atoms with Gasteiger partial charge < -0.3 is 10.1 Å². The van der Waals surface area contributed by atoms with E-state index in [4.69, 9.17) is 4.74 Å². The predicted octanol–water partition coefficient (Wildman–Crippen LogP) is 2.84. The maximum atomic E-state index is 5.64. The Hall–Kier alpha value is -1.02. The fraction of sp³-hybridized carbons (Fsp3) is 0.538. The second kappa shape index (κ2) is 7.30. The zero-order valence-corrected chi connectivity index (χ0v) is 9.70. The number of ether oxygens (including phenoxy) is 1. The second-order valence-electron chi connectivity index (χ2n) is 3.72. The summed E-state index contributed by atoms with van der Waals surface area (Å²) >= 11 is 0. The molecule has 0 bridgehead atoms. The highest BCUT2D eigenvalue weighted by Crippen LogP contribution is 2.09. The zero-order chi connectivity index (χ0) is 10.9. The van der Waals surface area contributed by atoms with Crippen LogP contribution < -0.4 is 10.1 Å². The molecule has 1 atom stereocenters. The first-order chi connectivity index (χ1) is 7.36. The first kappa shape index (κ1) is 12.1. The molecule has 2 nitrogen and oxygen atoms in total. The van der Waals surface area contributed by atoms with Crippen LogP contribution in [0.4, 0.5) is 0 Å². The van der Waals surface area contributed by atoms with Gasteiger partial charge in [-0.3, -0.25) is 0 Å². The molecule has 0 fully saturated rings. The van der Waals surface area contributed by atoms with Crippen LogP contribution in [0.2, 0.25) is 0 Å². The summed E-state index contributed by atoms with van der Waals surface area (Å²) < 4.78 is 5.64. The third-order valence-electron chi connectivity index (χ3n) is 2.52. The van der Waals surface area contributed by atoms with Crippen LogP contribution >= 0.6 is 0 Å². The van der Waals surface area contributed by atoms with E-state index in [1.807, 2.05) is 37.4 Å². The Labute approximate surface area is 92.6 Å². The molecule has 84 valence electrons. The van der Waals surface area contributed by atoms with Gasteiger partial charge in [0, 0.05) is 6.04 Å². The fourth-order valence-electron chi connectivity index (χ4n) is 1.62. The van der Waals surface area contributed by atoms with E-state index in [2.05, 4.69) is 12.2 Å². The van der Waals surface area contributed by atoms with E-state index in [0.29, 0.717) is 6.04 Å². The number of hydrogen-bond donors (Lipinski definition) is 1. The molecule has 0 heterocycles. The standard InChI is InChI=1S/C13H21NO/c1-3-7-12(14-2)10-11-15-13-8-5-4-6-9-13/h4-6,8-9,12,14H,3,7,10-11H2,1-2H3. The van der Waals surface area contributed by atoms with E-state index in [-0.39, 0.29) is 0 Å².